The van der Waals surface area contributed by atoms with Crippen molar-refractivity contribution in [2.45, 2.75) is 38.1 Å². The molecule has 5 rings (SSSR count). The molecule has 9 nitrogen and oxygen atoms in total. The topological polar surface area (TPSA) is 103 Å². The minimum absolute atomic E-state index is 0.102. The molecule has 1 amide bonds. The first kappa shape index (κ1) is 19.5. The van der Waals surface area contributed by atoms with E-state index in [0.717, 1.165) is 67.0 Å². The SMILES string of the molecule is CN(C)C(=O)C1CCCN1c1nc2c(c(Nc3cc(-c4ccncc4)[nH]n3)n1)CCC2. The fourth-order valence-electron chi connectivity index (χ4n) is 4.40. The number of likely N-dealkylation sites (N-methyl/N-ethyl adjacent to an activating group) is 1. The number of amides is 1. The van der Waals surface area contributed by atoms with Gasteiger partial charge in [0.1, 0.15) is 11.9 Å². The molecule has 9 heteroatoms. The van der Waals surface area contributed by atoms with Crippen molar-refractivity contribution in [2.75, 3.05) is 30.9 Å². The minimum Gasteiger partial charge on any atom is -0.347 e. The van der Waals surface area contributed by atoms with Crippen molar-refractivity contribution in [1.82, 2.24) is 30.0 Å². The molecular formula is C22H26N8O. The van der Waals surface area contributed by atoms with E-state index in [1.165, 1.54) is 0 Å². The zero-order valence-electron chi connectivity index (χ0n) is 17.8. The van der Waals surface area contributed by atoms with Crippen molar-refractivity contribution < 1.29 is 4.79 Å². The lowest BCUT2D eigenvalue weighted by Gasteiger charge is -2.27. The van der Waals surface area contributed by atoms with Gasteiger partial charge < -0.3 is 15.1 Å². The molecule has 0 spiro atoms. The summed E-state index contributed by atoms with van der Waals surface area (Å²) in [5.41, 5.74) is 4.14. The Kier molecular flexibility index (Phi) is 5.01. The van der Waals surface area contributed by atoms with Gasteiger partial charge in [-0.15, -0.1) is 0 Å². The Labute approximate surface area is 180 Å². The number of fused-ring (bicyclic) bond motifs is 1. The number of rotatable bonds is 5. The van der Waals surface area contributed by atoms with E-state index in [4.69, 9.17) is 9.97 Å². The first-order valence-corrected chi connectivity index (χ1v) is 10.7. The number of aromatic nitrogens is 5. The smallest absolute Gasteiger partial charge is 0.244 e. The number of hydrogen-bond donors (Lipinski definition) is 2. The monoisotopic (exact) mass is 418 g/mol. The first-order valence-electron chi connectivity index (χ1n) is 10.7. The molecule has 1 saturated heterocycles. The first-order chi connectivity index (χ1) is 15.1. The number of carbonyl (C=O) groups excluding carboxylic acids is 1. The summed E-state index contributed by atoms with van der Waals surface area (Å²) in [5, 5.41) is 10.9. The molecule has 3 aromatic heterocycles. The second kappa shape index (κ2) is 7.98. The number of aromatic amines is 1. The zero-order valence-corrected chi connectivity index (χ0v) is 17.8. The van der Waals surface area contributed by atoms with Crippen LogP contribution in [0.1, 0.15) is 30.5 Å². The van der Waals surface area contributed by atoms with Gasteiger partial charge in [0.2, 0.25) is 11.9 Å². The van der Waals surface area contributed by atoms with E-state index >= 15 is 0 Å². The van der Waals surface area contributed by atoms with E-state index in [0.29, 0.717) is 11.8 Å². The lowest BCUT2D eigenvalue weighted by atomic mass is 10.2. The third kappa shape index (κ3) is 3.71. The predicted molar refractivity (Wildman–Crippen MR) is 118 cm³/mol. The molecule has 1 aliphatic heterocycles. The van der Waals surface area contributed by atoms with E-state index in [2.05, 4.69) is 25.4 Å². The molecule has 0 radical (unpaired) electrons. The zero-order chi connectivity index (χ0) is 21.4. The molecule has 0 bridgehead atoms. The fraction of sp³-hybridized carbons (Fsp3) is 0.409. The average molecular weight is 419 g/mol. The highest BCUT2D eigenvalue weighted by Crippen LogP contribution is 2.33. The summed E-state index contributed by atoms with van der Waals surface area (Å²) >= 11 is 0. The molecule has 0 aromatic carbocycles. The third-order valence-electron chi connectivity index (χ3n) is 5.97. The fourth-order valence-corrected chi connectivity index (χ4v) is 4.40. The molecular weight excluding hydrogens is 392 g/mol. The average Bonchev–Trinajstić information content (AvgIpc) is 3.53. The largest absolute Gasteiger partial charge is 0.347 e. The number of H-pyrrole nitrogens is 1. The maximum atomic E-state index is 12.7. The second-order valence-corrected chi connectivity index (χ2v) is 8.26. The van der Waals surface area contributed by atoms with Crippen LogP contribution >= 0.6 is 0 Å². The molecule has 4 heterocycles. The Bertz CT molecular complexity index is 1090. The van der Waals surface area contributed by atoms with Crippen LogP contribution in [0.2, 0.25) is 0 Å². The quantitative estimate of drug-likeness (QED) is 0.656. The van der Waals surface area contributed by atoms with Crippen molar-refractivity contribution in [3.8, 4) is 11.3 Å². The van der Waals surface area contributed by atoms with Crippen LogP contribution in [0.15, 0.2) is 30.6 Å². The Morgan fingerprint density at radius 2 is 2.03 bits per heavy atom. The number of aryl methyl sites for hydroxylation is 1. The molecule has 1 atom stereocenters. The van der Waals surface area contributed by atoms with Crippen LogP contribution in [0.4, 0.5) is 17.6 Å². The van der Waals surface area contributed by atoms with Crippen molar-refractivity contribution in [3.63, 3.8) is 0 Å². The Hall–Kier alpha value is -3.49. The summed E-state index contributed by atoms with van der Waals surface area (Å²) in [6, 6.07) is 5.64. The van der Waals surface area contributed by atoms with Gasteiger partial charge in [-0.1, -0.05) is 0 Å². The number of anilines is 3. The highest BCUT2D eigenvalue weighted by atomic mass is 16.2. The normalized spacial score (nSPS) is 17.6. The molecule has 31 heavy (non-hydrogen) atoms. The van der Waals surface area contributed by atoms with E-state index < -0.39 is 0 Å². The standard InChI is InChI=1S/C22H26N8O/c1-29(2)21(31)18-7-4-12-30(18)22-24-16-6-3-5-15(16)20(26-22)25-19-13-17(27-28-19)14-8-10-23-11-9-14/h8-11,13,18H,3-7,12H2,1-2H3,(H2,24,25,26,27,28). The van der Waals surface area contributed by atoms with Crippen LogP contribution in [0, 0.1) is 0 Å². The van der Waals surface area contributed by atoms with Crippen LogP contribution in [0.5, 0.6) is 0 Å². The maximum Gasteiger partial charge on any atom is 0.244 e. The van der Waals surface area contributed by atoms with Crippen LogP contribution in [0.3, 0.4) is 0 Å². The highest BCUT2D eigenvalue weighted by molar-refractivity contribution is 5.85. The maximum absolute atomic E-state index is 12.7. The molecule has 1 fully saturated rings. The summed E-state index contributed by atoms with van der Waals surface area (Å²) in [5.74, 6) is 2.22. The van der Waals surface area contributed by atoms with Gasteiger partial charge in [0.15, 0.2) is 5.82 Å². The Morgan fingerprint density at radius 1 is 1.19 bits per heavy atom. The van der Waals surface area contributed by atoms with Gasteiger partial charge in [0.25, 0.3) is 0 Å². The van der Waals surface area contributed by atoms with E-state index in [1.807, 2.05) is 18.2 Å². The van der Waals surface area contributed by atoms with Crippen molar-refractivity contribution in [1.29, 1.82) is 0 Å². The second-order valence-electron chi connectivity index (χ2n) is 8.26. The summed E-state index contributed by atoms with van der Waals surface area (Å²) in [7, 11) is 3.60. The molecule has 3 aromatic rings. The lowest BCUT2D eigenvalue weighted by molar-refractivity contribution is -0.129. The predicted octanol–water partition coefficient (Wildman–Crippen LogP) is 2.55. The van der Waals surface area contributed by atoms with Crippen LogP contribution in [-0.2, 0) is 17.6 Å². The van der Waals surface area contributed by atoms with Gasteiger partial charge in [-0.25, -0.2) is 4.98 Å². The summed E-state index contributed by atoms with van der Waals surface area (Å²) in [6.07, 6.45) is 8.24. The molecule has 1 unspecified atom stereocenters. The number of pyridine rings is 1. The van der Waals surface area contributed by atoms with E-state index in [1.54, 1.807) is 31.4 Å². The molecule has 1 aliphatic carbocycles. The number of nitrogens with zero attached hydrogens (tertiary/aromatic N) is 6. The minimum atomic E-state index is -0.203. The summed E-state index contributed by atoms with van der Waals surface area (Å²) < 4.78 is 0. The number of nitrogens with one attached hydrogen (secondary N) is 2. The van der Waals surface area contributed by atoms with Gasteiger partial charge in [-0.05, 0) is 44.2 Å². The van der Waals surface area contributed by atoms with Gasteiger partial charge in [0.05, 0.1) is 11.4 Å². The van der Waals surface area contributed by atoms with Gasteiger partial charge in [-0.2, -0.15) is 10.1 Å². The van der Waals surface area contributed by atoms with Crippen molar-refractivity contribution in [2.24, 2.45) is 0 Å². The molecule has 2 N–H and O–H groups in total. The van der Waals surface area contributed by atoms with Crippen LogP contribution < -0.4 is 10.2 Å². The van der Waals surface area contributed by atoms with E-state index in [-0.39, 0.29) is 11.9 Å². The lowest BCUT2D eigenvalue weighted by Crippen LogP contribution is -2.43. The Balaban J connectivity index is 1.45. The molecule has 2 aliphatic rings. The summed E-state index contributed by atoms with van der Waals surface area (Å²) in [6.45, 7) is 0.789. The number of carbonyl (C=O) groups is 1. The molecule has 0 saturated carbocycles. The van der Waals surface area contributed by atoms with Crippen LogP contribution in [0.25, 0.3) is 11.3 Å². The van der Waals surface area contributed by atoms with Gasteiger partial charge in [-0.3, -0.25) is 14.9 Å². The van der Waals surface area contributed by atoms with Gasteiger partial charge >= 0.3 is 0 Å². The molecule has 160 valence electrons. The van der Waals surface area contributed by atoms with Crippen molar-refractivity contribution >= 4 is 23.5 Å². The van der Waals surface area contributed by atoms with Crippen molar-refractivity contribution in [3.05, 3.63) is 41.9 Å². The third-order valence-corrected chi connectivity index (χ3v) is 5.97. The van der Waals surface area contributed by atoms with Crippen LogP contribution in [-0.4, -0.2) is 62.6 Å². The Morgan fingerprint density at radius 3 is 2.84 bits per heavy atom. The number of hydrogen-bond acceptors (Lipinski definition) is 7. The van der Waals surface area contributed by atoms with E-state index in [9.17, 15) is 4.79 Å². The van der Waals surface area contributed by atoms with Gasteiger partial charge in [0, 0.05) is 50.2 Å². The highest BCUT2D eigenvalue weighted by Gasteiger charge is 2.34. The summed E-state index contributed by atoms with van der Waals surface area (Å²) in [4.78, 5) is 30.2.